The van der Waals surface area contributed by atoms with Crippen LogP contribution in [0.1, 0.15) is 25.0 Å². The topological polar surface area (TPSA) is 3.24 Å². The first-order valence-corrected chi connectivity index (χ1v) is 17.5. The molecule has 0 aliphatic heterocycles. The SMILES string of the molecule is CC1(C)c2cc3ccccc3cc2-c2c(N(c3ccccc3)c3ccccc3-c3ccccc3-c3ccccc3-c3ccccc3)cccc21. The van der Waals surface area contributed by atoms with Crippen LogP contribution in [0.15, 0.2) is 188 Å². The van der Waals surface area contributed by atoms with Crippen molar-refractivity contribution < 1.29 is 0 Å². The summed E-state index contributed by atoms with van der Waals surface area (Å²) in [5.41, 5.74) is 15.9. The quantitative estimate of drug-likeness (QED) is 0.175. The highest BCUT2D eigenvalue weighted by atomic mass is 15.1. The fourth-order valence-electron chi connectivity index (χ4n) is 8.06. The molecular weight excluding hydrogens is 603 g/mol. The second-order valence-electron chi connectivity index (χ2n) is 13.7. The zero-order valence-electron chi connectivity index (χ0n) is 28.3. The summed E-state index contributed by atoms with van der Waals surface area (Å²) in [7, 11) is 0. The molecule has 0 bridgehead atoms. The highest BCUT2D eigenvalue weighted by Crippen LogP contribution is 2.56. The van der Waals surface area contributed by atoms with Crippen molar-refractivity contribution in [3.05, 3.63) is 199 Å². The maximum Gasteiger partial charge on any atom is 0.0543 e. The lowest BCUT2D eigenvalue weighted by atomic mass is 9.82. The van der Waals surface area contributed by atoms with Crippen molar-refractivity contribution in [2.45, 2.75) is 19.3 Å². The second-order valence-corrected chi connectivity index (χ2v) is 13.7. The van der Waals surface area contributed by atoms with Gasteiger partial charge in [-0.1, -0.05) is 166 Å². The maximum atomic E-state index is 2.48. The van der Waals surface area contributed by atoms with Crippen LogP contribution in [0.5, 0.6) is 0 Å². The predicted octanol–water partition coefficient (Wildman–Crippen LogP) is 13.6. The maximum absolute atomic E-state index is 2.48. The summed E-state index contributed by atoms with van der Waals surface area (Å²) < 4.78 is 0. The van der Waals surface area contributed by atoms with Crippen LogP contribution in [0.4, 0.5) is 17.1 Å². The van der Waals surface area contributed by atoms with Crippen molar-refractivity contribution in [2.75, 3.05) is 4.90 Å². The van der Waals surface area contributed by atoms with Crippen LogP contribution >= 0.6 is 0 Å². The predicted molar refractivity (Wildman–Crippen MR) is 213 cm³/mol. The molecule has 0 spiro atoms. The number of hydrogen-bond acceptors (Lipinski definition) is 1. The van der Waals surface area contributed by atoms with E-state index in [1.165, 1.54) is 72.1 Å². The fraction of sp³-hybridized carbons (Fsp3) is 0.0612. The van der Waals surface area contributed by atoms with E-state index in [0.29, 0.717) is 0 Å². The molecule has 0 saturated carbocycles. The monoisotopic (exact) mass is 639 g/mol. The average Bonchev–Trinajstić information content (AvgIpc) is 3.40. The average molecular weight is 640 g/mol. The lowest BCUT2D eigenvalue weighted by Crippen LogP contribution is -2.16. The van der Waals surface area contributed by atoms with Crippen molar-refractivity contribution in [3.63, 3.8) is 0 Å². The highest BCUT2D eigenvalue weighted by Gasteiger charge is 2.38. The number of para-hydroxylation sites is 2. The molecule has 0 atom stereocenters. The molecular formula is C49H37N. The summed E-state index contributed by atoms with van der Waals surface area (Å²) in [6, 6.07) is 68.5. The van der Waals surface area contributed by atoms with E-state index in [-0.39, 0.29) is 5.41 Å². The first kappa shape index (κ1) is 29.9. The van der Waals surface area contributed by atoms with Gasteiger partial charge in [-0.2, -0.15) is 0 Å². The van der Waals surface area contributed by atoms with Gasteiger partial charge in [0, 0.05) is 22.2 Å². The molecule has 1 aliphatic rings. The first-order valence-electron chi connectivity index (χ1n) is 17.5. The molecule has 238 valence electrons. The zero-order valence-corrected chi connectivity index (χ0v) is 28.3. The molecule has 0 N–H and O–H groups in total. The third-order valence-electron chi connectivity index (χ3n) is 10.5. The van der Waals surface area contributed by atoms with Gasteiger partial charge in [-0.25, -0.2) is 0 Å². The largest absolute Gasteiger partial charge is 0.309 e. The van der Waals surface area contributed by atoms with Crippen molar-refractivity contribution in [2.24, 2.45) is 0 Å². The molecule has 8 aromatic carbocycles. The lowest BCUT2D eigenvalue weighted by Gasteiger charge is -2.31. The Bertz CT molecular complexity index is 2510. The molecule has 8 aromatic rings. The molecule has 0 aromatic heterocycles. The molecule has 0 saturated heterocycles. The van der Waals surface area contributed by atoms with Crippen molar-refractivity contribution in [1.29, 1.82) is 0 Å². The molecule has 9 rings (SSSR count). The van der Waals surface area contributed by atoms with Gasteiger partial charge in [0.05, 0.1) is 11.4 Å². The summed E-state index contributed by atoms with van der Waals surface area (Å²) in [5, 5.41) is 2.55. The normalized spacial score (nSPS) is 12.8. The number of hydrogen-bond donors (Lipinski definition) is 0. The van der Waals surface area contributed by atoms with E-state index in [9.17, 15) is 0 Å². The minimum absolute atomic E-state index is 0.139. The van der Waals surface area contributed by atoms with Crippen LogP contribution in [0, 0.1) is 0 Å². The minimum atomic E-state index is -0.139. The van der Waals surface area contributed by atoms with Gasteiger partial charge in [0.25, 0.3) is 0 Å². The minimum Gasteiger partial charge on any atom is -0.309 e. The van der Waals surface area contributed by atoms with Gasteiger partial charge in [-0.15, -0.1) is 0 Å². The third-order valence-corrected chi connectivity index (χ3v) is 10.5. The molecule has 1 nitrogen and oxygen atoms in total. The summed E-state index contributed by atoms with van der Waals surface area (Å²) in [6.45, 7) is 4.74. The molecule has 0 amide bonds. The van der Waals surface area contributed by atoms with E-state index < -0.39 is 0 Å². The lowest BCUT2D eigenvalue weighted by molar-refractivity contribution is 0.661. The van der Waals surface area contributed by atoms with Gasteiger partial charge in [0.1, 0.15) is 0 Å². The van der Waals surface area contributed by atoms with E-state index >= 15 is 0 Å². The Morgan fingerprint density at radius 3 is 1.56 bits per heavy atom. The Morgan fingerprint density at radius 2 is 0.860 bits per heavy atom. The highest BCUT2D eigenvalue weighted by molar-refractivity contribution is 6.02. The summed E-state index contributed by atoms with van der Waals surface area (Å²) >= 11 is 0. The van der Waals surface area contributed by atoms with Gasteiger partial charge in [-0.05, 0) is 91.7 Å². The molecule has 0 unspecified atom stereocenters. The fourth-order valence-corrected chi connectivity index (χ4v) is 8.06. The van der Waals surface area contributed by atoms with Crippen molar-refractivity contribution in [3.8, 4) is 44.5 Å². The van der Waals surface area contributed by atoms with E-state index in [2.05, 4.69) is 207 Å². The standard InChI is InChI=1S/C49H37N/c1-49(2)44-29-17-31-47(48(44)43-32-35-20-9-10-21-36(35)33-45(43)49)50(37-22-7-4-8-23-37)46-30-16-15-28-42(46)41-27-14-13-26-40(41)39-25-12-11-24-38(39)34-18-5-3-6-19-34/h3-33H,1-2H3. The zero-order chi connectivity index (χ0) is 33.7. The first-order chi connectivity index (χ1) is 24.6. The Morgan fingerprint density at radius 1 is 0.360 bits per heavy atom. The number of nitrogens with zero attached hydrogens (tertiary/aromatic N) is 1. The van der Waals surface area contributed by atoms with Crippen LogP contribution < -0.4 is 4.90 Å². The van der Waals surface area contributed by atoms with Crippen LogP contribution in [-0.4, -0.2) is 0 Å². The third kappa shape index (κ3) is 4.85. The van der Waals surface area contributed by atoms with Gasteiger partial charge in [0.15, 0.2) is 0 Å². The van der Waals surface area contributed by atoms with Gasteiger partial charge in [0.2, 0.25) is 0 Å². The second kappa shape index (κ2) is 12.1. The van der Waals surface area contributed by atoms with E-state index in [1.807, 2.05) is 0 Å². The van der Waals surface area contributed by atoms with E-state index in [4.69, 9.17) is 0 Å². The van der Waals surface area contributed by atoms with E-state index in [1.54, 1.807) is 0 Å². The van der Waals surface area contributed by atoms with Crippen LogP contribution in [0.3, 0.4) is 0 Å². The van der Waals surface area contributed by atoms with Gasteiger partial charge < -0.3 is 4.90 Å². The Labute approximate surface area is 294 Å². The Kier molecular flexibility index (Phi) is 7.21. The summed E-state index contributed by atoms with van der Waals surface area (Å²) in [6.07, 6.45) is 0. The van der Waals surface area contributed by atoms with Crippen LogP contribution in [-0.2, 0) is 5.41 Å². The summed E-state index contributed by atoms with van der Waals surface area (Å²) in [4.78, 5) is 2.48. The van der Waals surface area contributed by atoms with Crippen molar-refractivity contribution >= 4 is 27.8 Å². The number of fused-ring (bicyclic) bond motifs is 4. The van der Waals surface area contributed by atoms with Gasteiger partial charge in [-0.3, -0.25) is 0 Å². The number of anilines is 3. The Balaban J connectivity index is 1.30. The smallest absolute Gasteiger partial charge is 0.0543 e. The molecule has 0 heterocycles. The van der Waals surface area contributed by atoms with Gasteiger partial charge >= 0.3 is 0 Å². The van der Waals surface area contributed by atoms with Crippen molar-refractivity contribution in [1.82, 2.24) is 0 Å². The molecule has 50 heavy (non-hydrogen) atoms. The number of benzene rings is 8. The van der Waals surface area contributed by atoms with Crippen LogP contribution in [0.2, 0.25) is 0 Å². The summed E-state index contributed by atoms with van der Waals surface area (Å²) in [5.74, 6) is 0. The number of rotatable bonds is 6. The molecule has 1 heteroatoms. The van der Waals surface area contributed by atoms with E-state index in [0.717, 1.165) is 11.4 Å². The molecule has 1 aliphatic carbocycles. The molecule has 0 radical (unpaired) electrons. The van der Waals surface area contributed by atoms with Crippen LogP contribution in [0.25, 0.3) is 55.3 Å². The molecule has 0 fully saturated rings. The Hall–Kier alpha value is -6.18.